The standard InChI is InChI=1S/C17H16ClN3O3/c1-21-9-8-12(20-21)10-19-17(22)16-7-6-13(24-16)11-23-15-5-3-2-4-14(15)18/h2-9H,10-11H2,1H3,(H,19,22). The van der Waals surface area contributed by atoms with Crippen molar-refractivity contribution in [3.8, 4) is 5.75 Å². The van der Waals surface area contributed by atoms with Crippen LogP contribution in [0.3, 0.4) is 0 Å². The fourth-order valence-electron chi connectivity index (χ4n) is 2.10. The molecule has 0 radical (unpaired) electrons. The zero-order valence-corrected chi connectivity index (χ0v) is 13.8. The molecule has 0 aliphatic carbocycles. The highest BCUT2D eigenvalue weighted by Crippen LogP contribution is 2.24. The lowest BCUT2D eigenvalue weighted by atomic mass is 10.3. The van der Waals surface area contributed by atoms with Gasteiger partial charge in [-0.25, -0.2) is 0 Å². The monoisotopic (exact) mass is 345 g/mol. The first kappa shape index (κ1) is 16.1. The first-order valence-electron chi connectivity index (χ1n) is 7.34. The lowest BCUT2D eigenvalue weighted by molar-refractivity contribution is 0.0918. The number of aromatic nitrogens is 2. The quantitative estimate of drug-likeness (QED) is 0.745. The Morgan fingerprint density at radius 3 is 2.88 bits per heavy atom. The number of nitrogens with one attached hydrogen (secondary N) is 1. The van der Waals surface area contributed by atoms with Gasteiger partial charge in [0.1, 0.15) is 18.1 Å². The molecule has 124 valence electrons. The minimum absolute atomic E-state index is 0.192. The summed E-state index contributed by atoms with van der Waals surface area (Å²) in [6, 6.07) is 12.3. The molecule has 0 bridgehead atoms. The number of furan rings is 1. The number of aryl methyl sites for hydroxylation is 1. The predicted molar refractivity (Wildman–Crippen MR) is 88.9 cm³/mol. The van der Waals surface area contributed by atoms with Gasteiger partial charge in [-0.1, -0.05) is 23.7 Å². The van der Waals surface area contributed by atoms with Crippen LogP contribution in [-0.2, 0) is 20.2 Å². The Bertz CT molecular complexity index is 841. The summed E-state index contributed by atoms with van der Waals surface area (Å²) in [5, 5.41) is 7.47. The molecule has 2 aromatic heterocycles. The Kier molecular flexibility index (Phi) is 4.86. The van der Waals surface area contributed by atoms with Crippen molar-refractivity contribution < 1.29 is 13.9 Å². The van der Waals surface area contributed by atoms with Crippen molar-refractivity contribution in [3.63, 3.8) is 0 Å². The van der Waals surface area contributed by atoms with Crippen LogP contribution in [0, 0.1) is 0 Å². The SMILES string of the molecule is Cn1ccc(CNC(=O)c2ccc(COc3ccccc3Cl)o2)n1. The number of hydrogen-bond donors (Lipinski definition) is 1. The summed E-state index contributed by atoms with van der Waals surface area (Å²) >= 11 is 6.02. The van der Waals surface area contributed by atoms with Gasteiger partial charge >= 0.3 is 0 Å². The largest absolute Gasteiger partial charge is 0.484 e. The minimum atomic E-state index is -0.301. The van der Waals surface area contributed by atoms with E-state index in [9.17, 15) is 4.79 Å². The van der Waals surface area contributed by atoms with Crippen LogP contribution in [0.4, 0.5) is 0 Å². The zero-order valence-electron chi connectivity index (χ0n) is 13.0. The maximum atomic E-state index is 12.1. The maximum Gasteiger partial charge on any atom is 0.287 e. The highest BCUT2D eigenvalue weighted by atomic mass is 35.5. The van der Waals surface area contributed by atoms with E-state index >= 15 is 0 Å². The van der Waals surface area contributed by atoms with Gasteiger partial charge in [0.15, 0.2) is 5.76 Å². The highest BCUT2D eigenvalue weighted by Gasteiger charge is 2.12. The van der Waals surface area contributed by atoms with Crippen molar-refractivity contribution in [2.75, 3.05) is 0 Å². The van der Waals surface area contributed by atoms with Crippen molar-refractivity contribution >= 4 is 17.5 Å². The number of nitrogens with zero attached hydrogens (tertiary/aromatic N) is 2. The van der Waals surface area contributed by atoms with E-state index in [4.69, 9.17) is 20.8 Å². The van der Waals surface area contributed by atoms with Crippen LogP contribution in [0.25, 0.3) is 0 Å². The summed E-state index contributed by atoms with van der Waals surface area (Å²) < 4.78 is 12.8. The number of para-hydroxylation sites is 1. The van der Waals surface area contributed by atoms with E-state index in [-0.39, 0.29) is 18.3 Å². The molecule has 3 rings (SSSR count). The van der Waals surface area contributed by atoms with E-state index < -0.39 is 0 Å². The summed E-state index contributed by atoms with van der Waals surface area (Å²) in [5.74, 6) is 1.03. The molecule has 0 saturated heterocycles. The first-order valence-corrected chi connectivity index (χ1v) is 7.72. The van der Waals surface area contributed by atoms with Gasteiger partial charge in [0, 0.05) is 13.2 Å². The molecule has 0 saturated carbocycles. The Hall–Kier alpha value is -2.73. The van der Waals surface area contributed by atoms with Gasteiger partial charge in [0.05, 0.1) is 17.3 Å². The number of hydrogen-bond acceptors (Lipinski definition) is 4. The van der Waals surface area contributed by atoms with Crippen LogP contribution >= 0.6 is 11.6 Å². The van der Waals surface area contributed by atoms with Crippen LogP contribution in [0.1, 0.15) is 22.0 Å². The van der Waals surface area contributed by atoms with E-state index in [2.05, 4.69) is 10.4 Å². The zero-order chi connectivity index (χ0) is 16.9. The normalized spacial score (nSPS) is 10.6. The molecule has 24 heavy (non-hydrogen) atoms. The third-order valence-electron chi connectivity index (χ3n) is 3.29. The van der Waals surface area contributed by atoms with Crippen LogP contribution < -0.4 is 10.1 Å². The summed E-state index contributed by atoms with van der Waals surface area (Å²) in [6.45, 7) is 0.531. The smallest absolute Gasteiger partial charge is 0.287 e. The van der Waals surface area contributed by atoms with Gasteiger partial charge < -0.3 is 14.5 Å². The van der Waals surface area contributed by atoms with Gasteiger partial charge in [-0.2, -0.15) is 5.10 Å². The van der Waals surface area contributed by atoms with E-state index in [1.807, 2.05) is 31.4 Å². The van der Waals surface area contributed by atoms with Crippen LogP contribution in [-0.4, -0.2) is 15.7 Å². The molecule has 0 spiro atoms. The lowest BCUT2D eigenvalue weighted by Gasteiger charge is -2.05. The van der Waals surface area contributed by atoms with Crippen LogP contribution in [0.15, 0.2) is 53.1 Å². The molecule has 0 aliphatic rings. The Balaban J connectivity index is 1.54. The third-order valence-corrected chi connectivity index (χ3v) is 3.60. The molecule has 3 aromatic rings. The van der Waals surface area contributed by atoms with Gasteiger partial charge in [0.2, 0.25) is 0 Å². The number of ether oxygens (including phenoxy) is 1. The average Bonchev–Trinajstić information content (AvgIpc) is 3.21. The topological polar surface area (TPSA) is 69.3 Å². The molecule has 0 aliphatic heterocycles. The molecule has 2 heterocycles. The van der Waals surface area contributed by atoms with E-state index in [1.54, 1.807) is 28.9 Å². The van der Waals surface area contributed by atoms with Gasteiger partial charge in [-0.05, 0) is 30.3 Å². The minimum Gasteiger partial charge on any atom is -0.484 e. The molecular formula is C17H16ClN3O3. The van der Waals surface area contributed by atoms with Crippen molar-refractivity contribution in [1.82, 2.24) is 15.1 Å². The molecule has 1 amide bonds. The van der Waals surface area contributed by atoms with E-state index in [0.717, 1.165) is 5.69 Å². The Morgan fingerprint density at radius 1 is 1.29 bits per heavy atom. The summed E-state index contributed by atoms with van der Waals surface area (Å²) in [7, 11) is 1.82. The fraction of sp³-hybridized carbons (Fsp3) is 0.176. The highest BCUT2D eigenvalue weighted by molar-refractivity contribution is 6.32. The summed E-state index contributed by atoms with van der Waals surface area (Å²) in [4.78, 5) is 12.1. The molecule has 1 aromatic carbocycles. The van der Waals surface area contributed by atoms with Gasteiger partial charge in [-0.15, -0.1) is 0 Å². The third kappa shape index (κ3) is 3.97. The number of rotatable bonds is 6. The van der Waals surface area contributed by atoms with Crippen LogP contribution in [0.5, 0.6) is 5.75 Å². The Labute approximate surface area is 144 Å². The van der Waals surface area contributed by atoms with E-state index in [0.29, 0.717) is 23.1 Å². The predicted octanol–water partition coefficient (Wildman–Crippen LogP) is 3.18. The molecule has 6 nitrogen and oxygen atoms in total. The second kappa shape index (κ2) is 7.23. The van der Waals surface area contributed by atoms with Crippen molar-refractivity contribution in [2.45, 2.75) is 13.2 Å². The fourth-order valence-corrected chi connectivity index (χ4v) is 2.29. The molecule has 7 heteroatoms. The number of amides is 1. The van der Waals surface area contributed by atoms with Crippen molar-refractivity contribution in [3.05, 3.63) is 70.9 Å². The summed E-state index contributed by atoms with van der Waals surface area (Å²) in [5.41, 5.74) is 0.777. The summed E-state index contributed by atoms with van der Waals surface area (Å²) in [6.07, 6.45) is 1.82. The van der Waals surface area contributed by atoms with E-state index in [1.165, 1.54) is 0 Å². The second-order valence-corrected chi connectivity index (χ2v) is 5.56. The number of carbonyl (C=O) groups excluding carboxylic acids is 1. The molecule has 1 N–H and O–H groups in total. The maximum absolute atomic E-state index is 12.1. The van der Waals surface area contributed by atoms with Crippen LogP contribution in [0.2, 0.25) is 5.02 Å². The second-order valence-electron chi connectivity index (χ2n) is 5.15. The number of benzene rings is 1. The first-order chi connectivity index (χ1) is 11.6. The molecule has 0 fully saturated rings. The molecule has 0 atom stereocenters. The lowest BCUT2D eigenvalue weighted by Crippen LogP contribution is -2.22. The molecular weight excluding hydrogens is 330 g/mol. The molecule has 0 unspecified atom stereocenters. The van der Waals surface area contributed by atoms with Gasteiger partial charge in [-0.3, -0.25) is 9.48 Å². The van der Waals surface area contributed by atoms with Crippen molar-refractivity contribution in [1.29, 1.82) is 0 Å². The number of carbonyl (C=O) groups is 1. The van der Waals surface area contributed by atoms with Crippen molar-refractivity contribution in [2.24, 2.45) is 7.05 Å². The average molecular weight is 346 g/mol. The number of halogens is 1. The Morgan fingerprint density at radius 2 is 2.12 bits per heavy atom. The van der Waals surface area contributed by atoms with Gasteiger partial charge in [0.25, 0.3) is 5.91 Å².